The van der Waals surface area contributed by atoms with Gasteiger partial charge in [0.15, 0.2) is 0 Å². The molecular formula is C22H20F2N4O3. The molecule has 0 bridgehead atoms. The van der Waals surface area contributed by atoms with E-state index in [-0.39, 0.29) is 23.6 Å². The number of urea groups is 1. The molecule has 2 heterocycles. The Balaban J connectivity index is 1.80. The van der Waals surface area contributed by atoms with Gasteiger partial charge in [-0.05, 0) is 48.9 Å². The molecule has 0 saturated carbocycles. The quantitative estimate of drug-likeness (QED) is 0.640. The monoisotopic (exact) mass is 426 g/mol. The third-order valence-corrected chi connectivity index (χ3v) is 5.06. The van der Waals surface area contributed by atoms with E-state index in [0.717, 1.165) is 0 Å². The highest BCUT2D eigenvalue weighted by Gasteiger charge is 2.35. The highest BCUT2D eigenvalue weighted by atomic mass is 19.1. The standard InChI is InChI=1S/C22H20F2N4O3/c1-13-18(21-26-20(27-31-21)14-6-8-16(23)9-7-14)19(15-4-3-5-17(24)12-15)25-22(29)28(13)10-11-30-2/h3-9,12,19H,10-11H2,1-2H3,(H,25,29). The molecule has 4 rings (SSSR count). The summed E-state index contributed by atoms with van der Waals surface area (Å²) in [7, 11) is 1.55. The fourth-order valence-corrected chi connectivity index (χ4v) is 3.50. The van der Waals surface area contributed by atoms with E-state index in [1.807, 2.05) is 0 Å². The average Bonchev–Trinajstić information content (AvgIpc) is 3.23. The Labute approximate surface area is 177 Å². The van der Waals surface area contributed by atoms with E-state index >= 15 is 0 Å². The van der Waals surface area contributed by atoms with Crippen molar-refractivity contribution in [3.63, 3.8) is 0 Å². The number of rotatable bonds is 6. The molecule has 0 saturated heterocycles. The van der Waals surface area contributed by atoms with Crippen molar-refractivity contribution in [1.29, 1.82) is 0 Å². The fourth-order valence-electron chi connectivity index (χ4n) is 3.50. The molecule has 1 aliphatic heterocycles. The van der Waals surface area contributed by atoms with Gasteiger partial charge in [0.1, 0.15) is 11.6 Å². The molecule has 1 N–H and O–H groups in total. The van der Waals surface area contributed by atoms with Gasteiger partial charge in [-0.15, -0.1) is 0 Å². The Morgan fingerprint density at radius 3 is 2.65 bits per heavy atom. The minimum Gasteiger partial charge on any atom is -0.383 e. The van der Waals surface area contributed by atoms with Gasteiger partial charge < -0.3 is 14.6 Å². The molecule has 3 aromatic rings. The number of carbonyl (C=O) groups excluding carboxylic acids is 1. The Morgan fingerprint density at radius 1 is 1.16 bits per heavy atom. The molecule has 2 aromatic carbocycles. The van der Waals surface area contributed by atoms with Gasteiger partial charge in [0.25, 0.3) is 5.89 Å². The number of benzene rings is 2. The van der Waals surface area contributed by atoms with Crippen LogP contribution in [0.3, 0.4) is 0 Å². The Kier molecular flexibility index (Phi) is 5.77. The number of nitrogens with one attached hydrogen (secondary N) is 1. The van der Waals surface area contributed by atoms with Gasteiger partial charge in [-0.25, -0.2) is 13.6 Å². The second-order valence-electron chi connectivity index (χ2n) is 7.01. The van der Waals surface area contributed by atoms with E-state index < -0.39 is 11.9 Å². The van der Waals surface area contributed by atoms with Crippen molar-refractivity contribution < 1.29 is 22.8 Å². The number of hydrogen-bond acceptors (Lipinski definition) is 5. The van der Waals surface area contributed by atoms with Gasteiger partial charge >= 0.3 is 6.03 Å². The zero-order valence-corrected chi connectivity index (χ0v) is 16.9. The van der Waals surface area contributed by atoms with Crippen molar-refractivity contribution in [2.75, 3.05) is 20.3 Å². The summed E-state index contributed by atoms with van der Waals surface area (Å²) >= 11 is 0. The summed E-state index contributed by atoms with van der Waals surface area (Å²) < 4.78 is 37.8. The molecule has 31 heavy (non-hydrogen) atoms. The third kappa shape index (κ3) is 4.17. The van der Waals surface area contributed by atoms with E-state index in [1.54, 1.807) is 38.3 Å². The highest BCUT2D eigenvalue weighted by molar-refractivity contribution is 5.86. The van der Waals surface area contributed by atoms with Crippen LogP contribution in [-0.2, 0) is 4.74 Å². The summed E-state index contributed by atoms with van der Waals surface area (Å²) in [5, 5.41) is 6.89. The molecule has 0 aliphatic carbocycles. The van der Waals surface area contributed by atoms with E-state index in [0.29, 0.717) is 35.5 Å². The van der Waals surface area contributed by atoms with Crippen LogP contribution in [0.5, 0.6) is 0 Å². The number of halogens is 2. The summed E-state index contributed by atoms with van der Waals surface area (Å²) in [6, 6.07) is 10.6. The van der Waals surface area contributed by atoms with Crippen LogP contribution in [0.1, 0.15) is 24.4 Å². The predicted octanol–water partition coefficient (Wildman–Crippen LogP) is 4.16. The van der Waals surface area contributed by atoms with Crippen molar-refractivity contribution in [3.8, 4) is 11.4 Å². The SMILES string of the molecule is COCCN1C(=O)NC(c2cccc(F)c2)C(c2nc(-c3ccc(F)cc3)no2)=C1C. The Bertz CT molecular complexity index is 1130. The average molecular weight is 426 g/mol. The molecular weight excluding hydrogens is 406 g/mol. The first-order valence-corrected chi connectivity index (χ1v) is 9.61. The van der Waals surface area contributed by atoms with Gasteiger partial charge in [-0.3, -0.25) is 4.90 Å². The van der Waals surface area contributed by atoms with Crippen LogP contribution >= 0.6 is 0 Å². The van der Waals surface area contributed by atoms with Crippen LogP contribution < -0.4 is 5.32 Å². The van der Waals surface area contributed by atoms with Crippen molar-refractivity contribution in [3.05, 3.63) is 77.3 Å². The smallest absolute Gasteiger partial charge is 0.322 e. The number of ether oxygens (including phenoxy) is 1. The number of aromatic nitrogens is 2. The molecule has 7 nitrogen and oxygen atoms in total. The molecule has 0 spiro atoms. The molecule has 160 valence electrons. The van der Waals surface area contributed by atoms with Crippen molar-refractivity contribution in [2.45, 2.75) is 13.0 Å². The zero-order chi connectivity index (χ0) is 22.0. The molecule has 1 aliphatic rings. The lowest BCUT2D eigenvalue weighted by Crippen LogP contribution is -2.47. The van der Waals surface area contributed by atoms with Crippen LogP contribution in [0.4, 0.5) is 13.6 Å². The van der Waals surface area contributed by atoms with Crippen LogP contribution in [0.15, 0.2) is 58.8 Å². The van der Waals surface area contributed by atoms with Gasteiger partial charge in [-0.1, -0.05) is 17.3 Å². The maximum absolute atomic E-state index is 13.9. The lowest BCUT2D eigenvalue weighted by Gasteiger charge is -2.35. The minimum atomic E-state index is -0.691. The molecule has 2 amide bonds. The molecule has 0 fully saturated rings. The summed E-state index contributed by atoms with van der Waals surface area (Å²) in [5.74, 6) is -0.355. The topological polar surface area (TPSA) is 80.5 Å². The summed E-state index contributed by atoms with van der Waals surface area (Å²) in [5.41, 5.74) is 2.25. The molecule has 0 radical (unpaired) electrons. The van der Waals surface area contributed by atoms with E-state index in [9.17, 15) is 13.6 Å². The van der Waals surface area contributed by atoms with Crippen molar-refractivity contribution >= 4 is 11.6 Å². The maximum atomic E-state index is 13.9. The maximum Gasteiger partial charge on any atom is 0.322 e. The summed E-state index contributed by atoms with van der Waals surface area (Å²) in [6.45, 7) is 2.40. The first kappa shape index (κ1) is 20.7. The van der Waals surface area contributed by atoms with Crippen molar-refractivity contribution in [2.24, 2.45) is 0 Å². The number of hydrogen-bond donors (Lipinski definition) is 1. The number of carbonyl (C=O) groups is 1. The van der Waals surface area contributed by atoms with Crippen LogP contribution in [0.2, 0.25) is 0 Å². The van der Waals surface area contributed by atoms with Crippen LogP contribution in [0.25, 0.3) is 17.0 Å². The lowest BCUT2D eigenvalue weighted by atomic mass is 9.94. The lowest BCUT2D eigenvalue weighted by molar-refractivity contribution is 0.158. The van der Waals surface area contributed by atoms with E-state index in [1.165, 1.54) is 29.2 Å². The van der Waals surface area contributed by atoms with Gasteiger partial charge in [-0.2, -0.15) is 4.98 Å². The largest absolute Gasteiger partial charge is 0.383 e. The second kappa shape index (κ2) is 8.65. The molecule has 1 aromatic heterocycles. The van der Waals surface area contributed by atoms with Gasteiger partial charge in [0.2, 0.25) is 5.82 Å². The van der Waals surface area contributed by atoms with E-state index in [2.05, 4.69) is 15.5 Å². The molecule has 1 unspecified atom stereocenters. The summed E-state index contributed by atoms with van der Waals surface area (Å²) in [4.78, 5) is 18.7. The van der Waals surface area contributed by atoms with E-state index in [4.69, 9.17) is 9.26 Å². The number of allylic oxidation sites excluding steroid dienone is 1. The van der Waals surface area contributed by atoms with Gasteiger partial charge in [0.05, 0.1) is 24.8 Å². The first-order valence-electron chi connectivity index (χ1n) is 9.61. The fraction of sp³-hybridized carbons (Fsp3) is 0.227. The summed E-state index contributed by atoms with van der Waals surface area (Å²) in [6.07, 6.45) is 0. The highest BCUT2D eigenvalue weighted by Crippen LogP contribution is 2.37. The van der Waals surface area contributed by atoms with Crippen LogP contribution in [0, 0.1) is 11.6 Å². The normalized spacial score (nSPS) is 16.6. The minimum absolute atomic E-state index is 0.175. The zero-order valence-electron chi connectivity index (χ0n) is 16.9. The molecule has 9 heteroatoms. The second-order valence-corrected chi connectivity index (χ2v) is 7.01. The number of nitrogens with zero attached hydrogens (tertiary/aromatic N) is 3. The molecule has 1 atom stereocenters. The van der Waals surface area contributed by atoms with Gasteiger partial charge in [0, 0.05) is 18.4 Å². The third-order valence-electron chi connectivity index (χ3n) is 5.06. The number of amides is 2. The number of methoxy groups -OCH3 is 1. The Hall–Kier alpha value is -3.59. The van der Waals surface area contributed by atoms with Crippen molar-refractivity contribution in [1.82, 2.24) is 20.4 Å². The predicted molar refractivity (Wildman–Crippen MR) is 109 cm³/mol. The van der Waals surface area contributed by atoms with Crippen LogP contribution in [-0.4, -0.2) is 41.3 Å². The Morgan fingerprint density at radius 2 is 1.94 bits per heavy atom. The first-order chi connectivity index (χ1) is 15.0.